The van der Waals surface area contributed by atoms with E-state index >= 15 is 0 Å². The fraction of sp³-hybridized carbons (Fsp3) is 0.233. The van der Waals surface area contributed by atoms with Gasteiger partial charge in [-0.2, -0.15) is 0 Å². The maximum absolute atomic E-state index is 12.9. The number of aromatic nitrogens is 1. The van der Waals surface area contributed by atoms with Crippen LogP contribution in [0.25, 0.3) is 0 Å². The molecule has 1 amide bonds. The lowest BCUT2D eigenvalue weighted by Gasteiger charge is -2.25. The highest BCUT2D eigenvalue weighted by molar-refractivity contribution is 7.99. The number of para-hydroxylation sites is 1. The zero-order valence-corrected chi connectivity index (χ0v) is 23.0. The number of carbonyl (C=O) groups is 1. The van der Waals surface area contributed by atoms with Crippen molar-refractivity contribution in [3.63, 3.8) is 0 Å². The summed E-state index contributed by atoms with van der Waals surface area (Å²) >= 11 is 7.33. The van der Waals surface area contributed by atoms with E-state index in [0.29, 0.717) is 11.7 Å². The zero-order valence-electron chi connectivity index (χ0n) is 21.4. The molecule has 1 aliphatic rings. The highest BCUT2D eigenvalue weighted by Gasteiger charge is 2.41. The SMILES string of the molecule is CCc1ccccc1NC(=O)CCN1C(=S)N[C@@H](c2ccccn2)[C@H]1c1ccc(Sc2ccc(C)cc2)o1. The molecular formula is C30H30N4O2S2. The van der Waals surface area contributed by atoms with Crippen molar-refractivity contribution in [1.82, 2.24) is 15.2 Å². The van der Waals surface area contributed by atoms with Crippen LogP contribution in [-0.4, -0.2) is 27.4 Å². The van der Waals surface area contributed by atoms with E-state index in [9.17, 15) is 4.79 Å². The number of hydrogen-bond donors (Lipinski definition) is 2. The molecule has 1 aliphatic heterocycles. The number of furan rings is 1. The summed E-state index contributed by atoms with van der Waals surface area (Å²) in [5, 5.41) is 7.87. The first-order valence-electron chi connectivity index (χ1n) is 12.7. The van der Waals surface area contributed by atoms with Gasteiger partial charge in [-0.05, 0) is 73.6 Å². The second-order valence-electron chi connectivity index (χ2n) is 9.20. The standard InChI is InChI=1S/C30H30N4O2S2/c1-3-21-8-4-5-9-23(21)32-26(35)17-19-34-29(28(33-30(34)37)24-10-6-7-18-31-24)25-15-16-27(36-25)38-22-13-11-20(2)12-14-22/h4-16,18,28-29H,3,17,19H2,1-2H3,(H,32,35)(H,33,37)/t28-,29+/m0/s1. The average molecular weight is 543 g/mol. The molecule has 3 heterocycles. The minimum atomic E-state index is -0.236. The third-order valence-corrected chi connectivity index (χ3v) is 7.86. The van der Waals surface area contributed by atoms with Crippen LogP contribution in [0, 0.1) is 6.92 Å². The Hall–Kier alpha value is -3.62. The van der Waals surface area contributed by atoms with Crippen LogP contribution in [0.15, 0.2) is 99.5 Å². The molecular weight excluding hydrogens is 512 g/mol. The summed E-state index contributed by atoms with van der Waals surface area (Å²) in [4.78, 5) is 20.7. The molecule has 4 aromatic rings. The summed E-state index contributed by atoms with van der Waals surface area (Å²) in [6.07, 6.45) is 2.92. The van der Waals surface area contributed by atoms with E-state index in [0.717, 1.165) is 39.1 Å². The first-order valence-corrected chi connectivity index (χ1v) is 13.9. The van der Waals surface area contributed by atoms with Gasteiger partial charge < -0.3 is 20.0 Å². The number of pyridine rings is 1. The Kier molecular flexibility index (Phi) is 8.10. The van der Waals surface area contributed by atoms with Crippen LogP contribution in [0.3, 0.4) is 0 Å². The molecule has 194 valence electrons. The monoisotopic (exact) mass is 542 g/mol. The van der Waals surface area contributed by atoms with Gasteiger partial charge in [0.15, 0.2) is 10.2 Å². The molecule has 6 nitrogen and oxygen atoms in total. The summed E-state index contributed by atoms with van der Waals surface area (Å²) in [5.74, 6) is 0.725. The smallest absolute Gasteiger partial charge is 0.226 e. The van der Waals surface area contributed by atoms with Gasteiger partial charge in [-0.25, -0.2) is 0 Å². The normalized spacial score (nSPS) is 16.9. The van der Waals surface area contributed by atoms with Crippen LogP contribution in [0.5, 0.6) is 0 Å². The van der Waals surface area contributed by atoms with Crippen molar-refractivity contribution >= 4 is 40.7 Å². The Morgan fingerprint density at radius 3 is 2.63 bits per heavy atom. The molecule has 2 aromatic heterocycles. The van der Waals surface area contributed by atoms with Gasteiger partial charge in [-0.3, -0.25) is 9.78 Å². The maximum atomic E-state index is 12.9. The van der Waals surface area contributed by atoms with Crippen molar-refractivity contribution in [3.05, 3.63) is 108 Å². The number of nitrogens with one attached hydrogen (secondary N) is 2. The zero-order chi connectivity index (χ0) is 26.5. The number of nitrogens with zero attached hydrogens (tertiary/aromatic N) is 2. The molecule has 0 aliphatic carbocycles. The second kappa shape index (κ2) is 11.8. The highest BCUT2D eigenvalue weighted by Crippen LogP contribution is 2.41. The van der Waals surface area contributed by atoms with Crippen LogP contribution in [0.4, 0.5) is 5.69 Å². The number of hydrogen-bond acceptors (Lipinski definition) is 5. The molecule has 0 radical (unpaired) electrons. The van der Waals surface area contributed by atoms with E-state index in [1.807, 2.05) is 59.5 Å². The Labute approximate surface area is 232 Å². The fourth-order valence-electron chi connectivity index (χ4n) is 4.61. The molecule has 0 bridgehead atoms. The number of rotatable bonds is 9. The molecule has 0 spiro atoms. The summed E-state index contributed by atoms with van der Waals surface area (Å²) in [6.45, 7) is 4.60. The third kappa shape index (κ3) is 5.92. The first kappa shape index (κ1) is 26.0. The van der Waals surface area contributed by atoms with E-state index in [2.05, 4.69) is 53.7 Å². The number of amides is 1. The van der Waals surface area contributed by atoms with Gasteiger partial charge in [0.1, 0.15) is 11.8 Å². The van der Waals surface area contributed by atoms with Crippen LogP contribution in [0.2, 0.25) is 0 Å². The number of aryl methyl sites for hydroxylation is 2. The predicted octanol–water partition coefficient (Wildman–Crippen LogP) is 6.70. The number of carbonyl (C=O) groups excluding carboxylic acids is 1. The van der Waals surface area contributed by atoms with E-state index in [1.165, 1.54) is 5.56 Å². The molecule has 0 saturated carbocycles. The number of thiocarbonyl (C=S) groups is 1. The predicted molar refractivity (Wildman–Crippen MR) is 155 cm³/mol. The Morgan fingerprint density at radius 1 is 1.08 bits per heavy atom. The van der Waals surface area contributed by atoms with Crippen LogP contribution in [0.1, 0.15) is 48.0 Å². The molecule has 0 unspecified atom stereocenters. The third-order valence-electron chi connectivity index (χ3n) is 6.58. The summed E-state index contributed by atoms with van der Waals surface area (Å²) in [7, 11) is 0. The average Bonchev–Trinajstić information content (AvgIpc) is 3.53. The van der Waals surface area contributed by atoms with Crippen molar-refractivity contribution in [1.29, 1.82) is 0 Å². The molecule has 8 heteroatoms. The number of anilines is 1. The quantitative estimate of drug-likeness (QED) is 0.228. The van der Waals surface area contributed by atoms with Crippen molar-refractivity contribution < 1.29 is 9.21 Å². The van der Waals surface area contributed by atoms with Crippen molar-refractivity contribution in [2.75, 3.05) is 11.9 Å². The highest BCUT2D eigenvalue weighted by atomic mass is 32.2. The van der Waals surface area contributed by atoms with Crippen molar-refractivity contribution in [2.45, 2.75) is 48.8 Å². The molecule has 38 heavy (non-hydrogen) atoms. The van der Waals surface area contributed by atoms with Gasteiger partial charge in [-0.1, -0.05) is 60.6 Å². The van der Waals surface area contributed by atoms with Crippen LogP contribution >= 0.6 is 24.0 Å². The van der Waals surface area contributed by atoms with Gasteiger partial charge >= 0.3 is 0 Å². The lowest BCUT2D eigenvalue weighted by Crippen LogP contribution is -2.32. The topological polar surface area (TPSA) is 70.4 Å². The fourth-order valence-corrected chi connectivity index (χ4v) is 5.72. The van der Waals surface area contributed by atoms with Gasteiger partial charge in [0, 0.05) is 29.7 Å². The maximum Gasteiger partial charge on any atom is 0.226 e. The first-order chi connectivity index (χ1) is 18.5. The molecule has 5 rings (SSSR count). The lowest BCUT2D eigenvalue weighted by molar-refractivity contribution is -0.116. The van der Waals surface area contributed by atoms with Crippen molar-refractivity contribution in [3.8, 4) is 0 Å². The Balaban J connectivity index is 1.36. The molecule has 1 saturated heterocycles. The lowest BCUT2D eigenvalue weighted by atomic mass is 10.0. The van der Waals surface area contributed by atoms with E-state index in [-0.39, 0.29) is 24.4 Å². The largest absolute Gasteiger partial charge is 0.452 e. The van der Waals surface area contributed by atoms with E-state index in [1.54, 1.807) is 18.0 Å². The van der Waals surface area contributed by atoms with Gasteiger partial charge in [0.25, 0.3) is 0 Å². The minimum Gasteiger partial charge on any atom is -0.452 e. The van der Waals surface area contributed by atoms with E-state index in [4.69, 9.17) is 16.6 Å². The van der Waals surface area contributed by atoms with Crippen molar-refractivity contribution in [2.24, 2.45) is 0 Å². The number of benzene rings is 2. The Bertz CT molecular complexity index is 1410. The molecule has 2 atom stereocenters. The van der Waals surface area contributed by atoms with Gasteiger partial charge in [-0.15, -0.1) is 0 Å². The summed E-state index contributed by atoms with van der Waals surface area (Å²) in [5.41, 5.74) is 4.05. The summed E-state index contributed by atoms with van der Waals surface area (Å²) < 4.78 is 6.36. The Morgan fingerprint density at radius 2 is 1.87 bits per heavy atom. The summed E-state index contributed by atoms with van der Waals surface area (Å²) in [6, 6.07) is 25.7. The van der Waals surface area contributed by atoms with E-state index < -0.39 is 0 Å². The molecule has 2 aromatic carbocycles. The van der Waals surface area contributed by atoms with Gasteiger partial charge in [0.05, 0.1) is 11.7 Å². The molecule has 2 N–H and O–H groups in total. The molecule has 1 fully saturated rings. The van der Waals surface area contributed by atoms with Crippen LogP contribution < -0.4 is 10.6 Å². The minimum absolute atomic E-state index is 0.0520. The second-order valence-corrected chi connectivity index (χ2v) is 10.7. The van der Waals surface area contributed by atoms with Crippen LogP contribution in [-0.2, 0) is 11.2 Å². The van der Waals surface area contributed by atoms with Gasteiger partial charge in [0.2, 0.25) is 5.91 Å².